The fourth-order valence-corrected chi connectivity index (χ4v) is 3.69. The molecular weight excluding hydrogens is 399 g/mol. The Morgan fingerprint density at radius 3 is 2.69 bits per heavy atom. The summed E-state index contributed by atoms with van der Waals surface area (Å²) in [6.45, 7) is 4.21. The molecule has 0 radical (unpaired) electrons. The predicted octanol–water partition coefficient (Wildman–Crippen LogP) is 6.84. The van der Waals surface area contributed by atoms with Gasteiger partial charge in [0.25, 0.3) is 0 Å². The van der Waals surface area contributed by atoms with Gasteiger partial charge in [0.15, 0.2) is 5.13 Å². The van der Waals surface area contributed by atoms with Crippen molar-refractivity contribution in [3.05, 3.63) is 53.2 Å². The number of unbranched alkanes of at least 4 members (excludes halogenated alkanes) is 2. The van der Waals surface area contributed by atoms with Crippen LogP contribution in [-0.4, -0.2) is 16.6 Å². The lowest BCUT2D eigenvalue weighted by molar-refractivity contribution is -0.138. The Morgan fingerprint density at radius 1 is 1.17 bits per heavy atom. The van der Waals surface area contributed by atoms with Crippen molar-refractivity contribution < 1.29 is 17.9 Å². The number of nitrogens with one attached hydrogen (secondary N) is 1. The summed E-state index contributed by atoms with van der Waals surface area (Å²) < 4.78 is 45.9. The van der Waals surface area contributed by atoms with E-state index in [0.717, 1.165) is 41.5 Å². The number of rotatable bonds is 8. The molecule has 154 valence electrons. The van der Waals surface area contributed by atoms with Gasteiger partial charge in [-0.25, -0.2) is 4.98 Å². The maximum absolute atomic E-state index is 13.5. The van der Waals surface area contributed by atoms with Crippen LogP contribution in [0, 0.1) is 6.92 Å². The summed E-state index contributed by atoms with van der Waals surface area (Å²) in [4.78, 5) is 9.55. The van der Waals surface area contributed by atoms with Crippen LogP contribution in [0.1, 0.15) is 36.6 Å². The zero-order chi connectivity index (χ0) is 20.9. The Morgan fingerprint density at radius 2 is 2.00 bits per heavy atom. The molecule has 0 bridgehead atoms. The molecule has 29 heavy (non-hydrogen) atoms. The van der Waals surface area contributed by atoms with E-state index in [0.29, 0.717) is 10.8 Å². The third-order valence-electron chi connectivity index (χ3n) is 4.27. The first-order valence-electron chi connectivity index (χ1n) is 9.37. The molecule has 3 rings (SSSR count). The van der Waals surface area contributed by atoms with E-state index in [-0.39, 0.29) is 12.4 Å². The summed E-state index contributed by atoms with van der Waals surface area (Å²) >= 11 is 1.38. The molecule has 0 saturated carbocycles. The van der Waals surface area contributed by atoms with E-state index in [2.05, 4.69) is 15.3 Å². The normalized spacial score (nSPS) is 11.5. The van der Waals surface area contributed by atoms with E-state index in [1.165, 1.54) is 17.4 Å². The minimum atomic E-state index is -4.50. The number of alkyl halides is 3. The van der Waals surface area contributed by atoms with Gasteiger partial charge >= 0.3 is 6.18 Å². The van der Waals surface area contributed by atoms with E-state index in [1.807, 2.05) is 26.0 Å². The summed E-state index contributed by atoms with van der Waals surface area (Å²) in [7, 11) is 0. The lowest BCUT2D eigenvalue weighted by Crippen LogP contribution is -2.10. The molecule has 2 aromatic heterocycles. The fourth-order valence-electron chi connectivity index (χ4n) is 2.83. The second-order valence-corrected chi connectivity index (χ2v) is 7.76. The van der Waals surface area contributed by atoms with E-state index >= 15 is 0 Å². The topological polar surface area (TPSA) is 47.0 Å². The molecule has 0 saturated heterocycles. The number of nitrogens with zero attached hydrogens (tertiary/aromatic N) is 2. The van der Waals surface area contributed by atoms with Gasteiger partial charge in [-0.05, 0) is 43.7 Å². The SMILES string of the molecule is CCCCCOc1ccc(Nc2nc(-c3cccnc3)c(C)s2)cc1C(F)(F)F. The zero-order valence-electron chi connectivity index (χ0n) is 16.2. The van der Waals surface area contributed by atoms with E-state index in [1.54, 1.807) is 18.5 Å². The number of pyridine rings is 1. The number of anilines is 2. The van der Waals surface area contributed by atoms with Crippen molar-refractivity contribution in [2.75, 3.05) is 11.9 Å². The smallest absolute Gasteiger partial charge is 0.420 e. The fraction of sp³-hybridized carbons (Fsp3) is 0.333. The molecule has 0 fully saturated rings. The number of benzene rings is 1. The summed E-state index contributed by atoms with van der Waals surface area (Å²) in [5, 5.41) is 3.50. The second kappa shape index (κ2) is 9.26. The number of ether oxygens (including phenoxy) is 1. The molecule has 0 aliphatic rings. The predicted molar refractivity (Wildman–Crippen MR) is 110 cm³/mol. The standard InChI is InChI=1S/C21H22F3N3OS/c1-3-4-5-11-28-18-9-8-16(12-17(18)21(22,23)24)26-20-27-19(14(2)29-20)15-7-6-10-25-13-15/h6-10,12-13H,3-5,11H2,1-2H3,(H,26,27). The summed E-state index contributed by atoms with van der Waals surface area (Å²) in [5.41, 5.74) is 1.14. The van der Waals surface area contributed by atoms with Crippen LogP contribution in [-0.2, 0) is 6.18 Å². The Bertz CT molecular complexity index is 942. The molecule has 2 heterocycles. The molecule has 4 nitrogen and oxygen atoms in total. The largest absolute Gasteiger partial charge is 0.493 e. The second-order valence-electron chi connectivity index (χ2n) is 6.55. The first-order valence-corrected chi connectivity index (χ1v) is 10.2. The molecule has 1 aromatic carbocycles. The Hall–Kier alpha value is -2.61. The maximum Gasteiger partial charge on any atom is 0.420 e. The highest BCUT2D eigenvalue weighted by Crippen LogP contribution is 2.39. The molecular formula is C21H22F3N3OS. The number of aryl methyl sites for hydroxylation is 1. The van der Waals surface area contributed by atoms with E-state index in [9.17, 15) is 13.2 Å². The van der Waals surface area contributed by atoms with Gasteiger partial charge in [0.1, 0.15) is 5.75 Å². The molecule has 1 N–H and O–H groups in total. The molecule has 0 spiro atoms. The van der Waals surface area contributed by atoms with Crippen molar-refractivity contribution in [1.82, 2.24) is 9.97 Å². The van der Waals surface area contributed by atoms with Crippen LogP contribution in [0.5, 0.6) is 5.75 Å². The molecule has 8 heteroatoms. The van der Waals surface area contributed by atoms with Gasteiger partial charge in [0.2, 0.25) is 0 Å². The van der Waals surface area contributed by atoms with Crippen molar-refractivity contribution in [1.29, 1.82) is 0 Å². The highest BCUT2D eigenvalue weighted by atomic mass is 32.1. The number of aromatic nitrogens is 2. The monoisotopic (exact) mass is 421 g/mol. The highest BCUT2D eigenvalue weighted by molar-refractivity contribution is 7.16. The van der Waals surface area contributed by atoms with Crippen molar-refractivity contribution in [2.45, 2.75) is 39.3 Å². The Balaban J connectivity index is 1.81. The quantitative estimate of drug-likeness (QED) is 0.404. The van der Waals surface area contributed by atoms with Crippen LogP contribution in [0.15, 0.2) is 42.7 Å². The van der Waals surface area contributed by atoms with Crippen molar-refractivity contribution in [2.24, 2.45) is 0 Å². The van der Waals surface area contributed by atoms with Crippen molar-refractivity contribution in [3.8, 4) is 17.0 Å². The van der Waals surface area contributed by atoms with Gasteiger partial charge in [0, 0.05) is 28.5 Å². The van der Waals surface area contributed by atoms with Crippen LogP contribution < -0.4 is 10.1 Å². The van der Waals surface area contributed by atoms with Gasteiger partial charge < -0.3 is 10.1 Å². The highest BCUT2D eigenvalue weighted by Gasteiger charge is 2.34. The van der Waals surface area contributed by atoms with Gasteiger partial charge in [-0.15, -0.1) is 11.3 Å². The molecule has 0 aliphatic carbocycles. The van der Waals surface area contributed by atoms with Gasteiger partial charge in [0.05, 0.1) is 17.9 Å². The van der Waals surface area contributed by atoms with Crippen molar-refractivity contribution in [3.63, 3.8) is 0 Å². The Labute approximate surface area is 171 Å². The Kier molecular flexibility index (Phi) is 6.74. The average molecular weight is 421 g/mol. The number of halogens is 3. The molecule has 3 aromatic rings. The lowest BCUT2D eigenvalue weighted by atomic mass is 10.1. The summed E-state index contributed by atoms with van der Waals surface area (Å²) in [5.74, 6) is -0.148. The molecule has 0 amide bonds. The number of hydrogen-bond acceptors (Lipinski definition) is 5. The lowest BCUT2D eigenvalue weighted by Gasteiger charge is -2.15. The van der Waals surface area contributed by atoms with E-state index in [4.69, 9.17) is 4.74 Å². The van der Waals surface area contributed by atoms with Gasteiger partial charge in [-0.3, -0.25) is 4.98 Å². The molecule has 0 unspecified atom stereocenters. The molecule has 0 atom stereocenters. The van der Waals surface area contributed by atoms with Crippen LogP contribution >= 0.6 is 11.3 Å². The van der Waals surface area contributed by atoms with Crippen molar-refractivity contribution >= 4 is 22.2 Å². The first kappa shape index (κ1) is 21.1. The van der Waals surface area contributed by atoms with Gasteiger partial charge in [-0.1, -0.05) is 19.8 Å². The van der Waals surface area contributed by atoms with Crippen LogP contribution in [0.2, 0.25) is 0 Å². The molecule has 0 aliphatic heterocycles. The maximum atomic E-state index is 13.5. The number of thiazole rings is 1. The summed E-state index contributed by atoms with van der Waals surface area (Å²) in [6.07, 6.45) is 1.50. The third-order valence-corrected chi connectivity index (χ3v) is 5.16. The minimum absolute atomic E-state index is 0.148. The van der Waals surface area contributed by atoms with Gasteiger partial charge in [-0.2, -0.15) is 13.2 Å². The average Bonchev–Trinajstić information content (AvgIpc) is 3.06. The summed E-state index contributed by atoms with van der Waals surface area (Å²) in [6, 6.07) is 7.71. The first-order chi connectivity index (χ1) is 13.9. The number of hydrogen-bond donors (Lipinski definition) is 1. The third kappa shape index (κ3) is 5.47. The van der Waals surface area contributed by atoms with Crippen LogP contribution in [0.25, 0.3) is 11.3 Å². The van der Waals surface area contributed by atoms with E-state index < -0.39 is 11.7 Å². The van der Waals surface area contributed by atoms with Crippen LogP contribution in [0.4, 0.5) is 24.0 Å². The van der Waals surface area contributed by atoms with Crippen LogP contribution in [0.3, 0.4) is 0 Å². The zero-order valence-corrected chi connectivity index (χ0v) is 17.0. The minimum Gasteiger partial charge on any atom is -0.493 e.